The molecule has 0 aromatic carbocycles. The molecule has 0 N–H and O–H groups in total. The smallest absolute Gasteiger partial charge is 0.410 e. The van der Waals surface area contributed by atoms with Gasteiger partial charge in [-0.25, -0.2) is 14.6 Å². The first-order valence-corrected chi connectivity index (χ1v) is 11.7. The van der Waals surface area contributed by atoms with Gasteiger partial charge in [-0.15, -0.1) is 0 Å². The van der Waals surface area contributed by atoms with Gasteiger partial charge >= 0.3 is 12.1 Å². The normalized spacial score (nSPS) is 18.0. The quantitative estimate of drug-likeness (QED) is 0.667. The molecule has 1 aromatic rings. The Morgan fingerprint density at radius 3 is 2.44 bits per heavy atom. The minimum Gasteiger partial charge on any atom is -0.444 e. The minimum atomic E-state index is -0.613. The molecule has 3 heterocycles. The highest BCUT2D eigenvalue weighted by atomic mass is 16.6. The minimum absolute atomic E-state index is 0.0225. The standard InChI is InChI=1S/C23H37N5O4/c1-7-9-19(26(8-2)22(31)32-23(4,5)6)20(29)25-12-10-17(11-13-25)27-15-18-14-24-16(3)28(18)21(27)30/h14,17,19H,7-13,15H2,1-6H3. The van der Waals surface area contributed by atoms with Crippen LogP contribution in [0.3, 0.4) is 0 Å². The highest BCUT2D eigenvalue weighted by Gasteiger charge is 2.39. The van der Waals surface area contributed by atoms with Crippen LogP contribution in [0, 0.1) is 6.92 Å². The summed E-state index contributed by atoms with van der Waals surface area (Å²) in [6.07, 6.45) is 4.16. The molecule has 32 heavy (non-hydrogen) atoms. The van der Waals surface area contributed by atoms with Crippen LogP contribution in [0.25, 0.3) is 0 Å². The molecule has 0 radical (unpaired) electrons. The molecule has 3 amide bonds. The van der Waals surface area contributed by atoms with Crippen LogP contribution in [0.4, 0.5) is 9.59 Å². The van der Waals surface area contributed by atoms with Gasteiger partial charge in [0.1, 0.15) is 17.5 Å². The van der Waals surface area contributed by atoms with E-state index in [0.717, 1.165) is 25.0 Å². The van der Waals surface area contributed by atoms with Gasteiger partial charge in [-0.05, 0) is 53.9 Å². The third kappa shape index (κ3) is 4.91. The first-order chi connectivity index (χ1) is 15.1. The molecule has 1 saturated heterocycles. The molecule has 9 nitrogen and oxygen atoms in total. The molecule has 0 saturated carbocycles. The number of piperidine rings is 1. The van der Waals surface area contributed by atoms with Crippen molar-refractivity contribution >= 4 is 18.0 Å². The van der Waals surface area contributed by atoms with Gasteiger partial charge in [0.2, 0.25) is 5.91 Å². The Hall–Kier alpha value is -2.58. The number of fused-ring (bicyclic) bond motifs is 1. The average Bonchev–Trinajstić information content (AvgIpc) is 3.26. The van der Waals surface area contributed by atoms with Crippen molar-refractivity contribution in [1.29, 1.82) is 0 Å². The van der Waals surface area contributed by atoms with Crippen molar-refractivity contribution in [2.75, 3.05) is 19.6 Å². The summed E-state index contributed by atoms with van der Waals surface area (Å²) in [5.41, 5.74) is 0.308. The second kappa shape index (κ2) is 9.50. The Bertz CT molecular complexity index is 851. The van der Waals surface area contributed by atoms with E-state index in [9.17, 15) is 14.4 Å². The summed E-state index contributed by atoms with van der Waals surface area (Å²) in [6.45, 7) is 13.3. The Morgan fingerprint density at radius 2 is 1.91 bits per heavy atom. The lowest BCUT2D eigenvalue weighted by molar-refractivity contribution is -0.138. The number of amides is 3. The number of aromatic nitrogens is 2. The summed E-state index contributed by atoms with van der Waals surface area (Å²) < 4.78 is 7.22. The van der Waals surface area contributed by atoms with E-state index >= 15 is 0 Å². The predicted molar refractivity (Wildman–Crippen MR) is 120 cm³/mol. The fourth-order valence-corrected chi connectivity index (χ4v) is 4.61. The van der Waals surface area contributed by atoms with Crippen molar-refractivity contribution in [2.24, 2.45) is 0 Å². The molecule has 3 rings (SSSR count). The van der Waals surface area contributed by atoms with Crippen molar-refractivity contribution in [3.05, 3.63) is 17.7 Å². The van der Waals surface area contributed by atoms with E-state index in [4.69, 9.17) is 4.74 Å². The predicted octanol–water partition coefficient (Wildman–Crippen LogP) is 3.39. The maximum absolute atomic E-state index is 13.4. The number of aryl methyl sites for hydroxylation is 1. The van der Waals surface area contributed by atoms with Crippen LogP contribution in [0.1, 0.15) is 71.8 Å². The van der Waals surface area contributed by atoms with Gasteiger partial charge in [0.25, 0.3) is 0 Å². The topological polar surface area (TPSA) is 88.0 Å². The number of ether oxygens (including phenoxy) is 1. The zero-order valence-corrected chi connectivity index (χ0v) is 20.3. The molecular weight excluding hydrogens is 410 g/mol. The molecular formula is C23H37N5O4. The summed E-state index contributed by atoms with van der Waals surface area (Å²) in [4.78, 5) is 48.5. The molecule has 0 spiro atoms. The fourth-order valence-electron chi connectivity index (χ4n) is 4.61. The van der Waals surface area contributed by atoms with Gasteiger partial charge in [0, 0.05) is 25.7 Å². The van der Waals surface area contributed by atoms with Crippen LogP contribution in [0.5, 0.6) is 0 Å². The van der Waals surface area contributed by atoms with E-state index in [1.807, 2.05) is 51.3 Å². The number of carbonyl (C=O) groups is 3. The lowest BCUT2D eigenvalue weighted by Gasteiger charge is -2.39. The van der Waals surface area contributed by atoms with Crippen LogP contribution >= 0.6 is 0 Å². The first-order valence-electron chi connectivity index (χ1n) is 11.7. The Kier molecular flexibility index (Phi) is 7.15. The van der Waals surface area contributed by atoms with E-state index in [1.165, 1.54) is 0 Å². The van der Waals surface area contributed by atoms with Gasteiger partial charge in [-0.2, -0.15) is 0 Å². The van der Waals surface area contributed by atoms with Crippen LogP contribution in [0.2, 0.25) is 0 Å². The van der Waals surface area contributed by atoms with Crippen LogP contribution < -0.4 is 0 Å². The Morgan fingerprint density at radius 1 is 1.25 bits per heavy atom. The maximum Gasteiger partial charge on any atom is 0.410 e. The van der Waals surface area contributed by atoms with E-state index in [2.05, 4.69) is 4.98 Å². The molecule has 2 aliphatic heterocycles. The molecule has 1 atom stereocenters. The molecule has 178 valence electrons. The van der Waals surface area contributed by atoms with E-state index in [1.54, 1.807) is 15.7 Å². The molecule has 2 aliphatic rings. The Labute approximate surface area is 190 Å². The van der Waals surface area contributed by atoms with E-state index in [0.29, 0.717) is 38.4 Å². The molecule has 1 fully saturated rings. The van der Waals surface area contributed by atoms with Crippen LogP contribution in [-0.2, 0) is 16.1 Å². The molecule has 1 aromatic heterocycles. The third-order valence-corrected chi connectivity index (χ3v) is 6.19. The van der Waals surface area contributed by atoms with Gasteiger partial charge in [-0.1, -0.05) is 13.3 Å². The maximum atomic E-state index is 13.4. The summed E-state index contributed by atoms with van der Waals surface area (Å²) >= 11 is 0. The second-order valence-corrected chi connectivity index (χ2v) is 9.67. The SMILES string of the molecule is CCCC(C(=O)N1CCC(N2Cc3cnc(C)n3C2=O)CC1)N(CC)C(=O)OC(C)(C)C. The number of carbonyl (C=O) groups excluding carboxylic acids is 3. The van der Waals surface area contributed by atoms with Crippen molar-refractivity contribution in [2.45, 2.75) is 91.5 Å². The number of nitrogens with zero attached hydrogens (tertiary/aromatic N) is 5. The van der Waals surface area contributed by atoms with E-state index in [-0.39, 0.29) is 18.0 Å². The average molecular weight is 448 g/mol. The molecule has 1 unspecified atom stereocenters. The largest absolute Gasteiger partial charge is 0.444 e. The number of hydrogen-bond acceptors (Lipinski definition) is 5. The molecule has 0 bridgehead atoms. The van der Waals surface area contributed by atoms with Crippen LogP contribution in [-0.4, -0.2) is 79.6 Å². The van der Waals surface area contributed by atoms with E-state index < -0.39 is 17.7 Å². The van der Waals surface area contributed by atoms with Gasteiger partial charge in [-0.3, -0.25) is 14.3 Å². The number of hydrogen-bond donors (Lipinski definition) is 0. The highest BCUT2D eigenvalue weighted by molar-refractivity contribution is 5.86. The summed E-state index contributed by atoms with van der Waals surface area (Å²) in [5, 5.41) is 0. The number of rotatable bonds is 6. The zero-order valence-electron chi connectivity index (χ0n) is 20.3. The number of imidazole rings is 1. The number of likely N-dealkylation sites (tertiary alicyclic amines) is 1. The van der Waals surface area contributed by atoms with Crippen molar-refractivity contribution < 1.29 is 19.1 Å². The van der Waals surface area contributed by atoms with Gasteiger partial charge < -0.3 is 14.5 Å². The summed E-state index contributed by atoms with van der Waals surface area (Å²) in [6, 6.07) is -0.450. The second-order valence-electron chi connectivity index (χ2n) is 9.67. The van der Waals surface area contributed by atoms with Crippen molar-refractivity contribution in [3.8, 4) is 0 Å². The zero-order chi connectivity index (χ0) is 23.6. The van der Waals surface area contributed by atoms with Crippen LogP contribution in [0.15, 0.2) is 6.20 Å². The summed E-state index contributed by atoms with van der Waals surface area (Å²) in [5.74, 6) is 0.682. The van der Waals surface area contributed by atoms with Crippen molar-refractivity contribution in [3.63, 3.8) is 0 Å². The van der Waals surface area contributed by atoms with Gasteiger partial charge in [0.15, 0.2) is 0 Å². The lowest BCUT2D eigenvalue weighted by Crippen LogP contribution is -2.55. The van der Waals surface area contributed by atoms with Gasteiger partial charge in [0.05, 0.1) is 18.4 Å². The Balaban J connectivity index is 1.63. The summed E-state index contributed by atoms with van der Waals surface area (Å²) in [7, 11) is 0. The first kappa shape index (κ1) is 24.1. The van der Waals surface area contributed by atoms with Crippen molar-refractivity contribution in [1.82, 2.24) is 24.3 Å². The molecule has 9 heteroatoms. The third-order valence-electron chi connectivity index (χ3n) is 6.19. The monoisotopic (exact) mass is 447 g/mol. The number of likely N-dealkylation sites (N-methyl/N-ethyl adjacent to an activating group) is 1. The molecule has 0 aliphatic carbocycles. The fraction of sp³-hybridized carbons (Fsp3) is 0.739. The highest BCUT2D eigenvalue weighted by Crippen LogP contribution is 2.27. The lowest BCUT2D eigenvalue weighted by atomic mass is 10.0.